The largest absolute Gasteiger partial charge is 0.364 e. The Morgan fingerprint density at radius 3 is 2.60 bits per heavy atom. The molecule has 3 rings (SSSR count). The van der Waals surface area contributed by atoms with Crippen LogP contribution in [0, 0.1) is 5.41 Å². The zero-order valence-electron chi connectivity index (χ0n) is 11.6. The number of fused-ring (bicyclic) bond motifs is 1. The number of hydrogen-bond acceptors (Lipinski definition) is 3. The molecule has 110 valence electrons. The molecule has 1 fully saturated rings. The Hall–Kier alpha value is -1.50. The molecule has 1 aromatic rings. The van der Waals surface area contributed by atoms with E-state index in [0.717, 1.165) is 5.69 Å². The van der Waals surface area contributed by atoms with Crippen LogP contribution >= 0.6 is 0 Å². The first kappa shape index (κ1) is 13.5. The number of primary amides is 1. The van der Waals surface area contributed by atoms with E-state index in [1.54, 1.807) is 6.07 Å². The Kier molecular flexibility index (Phi) is 2.70. The minimum atomic E-state index is -2.65. The predicted octanol–water partition coefficient (Wildman–Crippen LogP) is 1.23. The molecule has 5 nitrogen and oxygen atoms in total. The summed E-state index contributed by atoms with van der Waals surface area (Å²) in [6.07, 6.45) is -0.117. The molecule has 20 heavy (non-hydrogen) atoms. The van der Waals surface area contributed by atoms with E-state index in [4.69, 9.17) is 5.73 Å². The van der Waals surface area contributed by atoms with Crippen molar-refractivity contribution in [2.75, 3.05) is 6.54 Å². The smallest absolute Gasteiger partial charge is 0.269 e. The highest BCUT2D eigenvalue weighted by Gasteiger charge is 2.72. The second kappa shape index (κ2) is 4.00. The zero-order valence-corrected chi connectivity index (χ0v) is 11.6. The normalized spacial score (nSPS) is 28.4. The molecule has 7 heteroatoms. The number of nitrogens with zero attached hydrogens (tertiary/aromatic N) is 3. The standard InChI is InChI=1S/C13H18F2N4O/c1-8(2)18-4-9-3-10(11(16)20)17-19(9)7-12(6-18)5-13(12,14)15/h3,8H,4-7H2,1-2H3,(H2,16,20). The molecule has 2 N–H and O–H groups in total. The summed E-state index contributed by atoms with van der Waals surface area (Å²) in [7, 11) is 0. The molecule has 1 aliphatic carbocycles. The summed E-state index contributed by atoms with van der Waals surface area (Å²) in [5, 5.41) is 4.09. The number of aromatic nitrogens is 2. The van der Waals surface area contributed by atoms with E-state index in [1.807, 2.05) is 18.7 Å². The number of nitrogens with two attached hydrogens (primary N) is 1. The monoisotopic (exact) mass is 284 g/mol. The van der Waals surface area contributed by atoms with Gasteiger partial charge < -0.3 is 5.73 Å². The molecule has 1 saturated carbocycles. The van der Waals surface area contributed by atoms with E-state index in [0.29, 0.717) is 13.1 Å². The minimum Gasteiger partial charge on any atom is -0.364 e. The van der Waals surface area contributed by atoms with Crippen LogP contribution in [0.1, 0.15) is 36.5 Å². The molecule has 1 atom stereocenters. The highest BCUT2D eigenvalue weighted by Crippen LogP contribution is 2.62. The molecule has 1 aromatic heterocycles. The summed E-state index contributed by atoms with van der Waals surface area (Å²) in [5.74, 6) is -3.28. The van der Waals surface area contributed by atoms with Gasteiger partial charge in [0, 0.05) is 25.6 Å². The lowest BCUT2D eigenvalue weighted by Crippen LogP contribution is -2.36. The SMILES string of the molecule is CC(C)N1Cc2cc(C(N)=O)nn2CC2(C1)CC2(F)F. The van der Waals surface area contributed by atoms with Crippen molar-refractivity contribution >= 4 is 5.91 Å². The first-order valence-corrected chi connectivity index (χ1v) is 6.72. The van der Waals surface area contributed by atoms with Gasteiger partial charge in [-0.2, -0.15) is 5.10 Å². The summed E-state index contributed by atoms with van der Waals surface area (Å²) < 4.78 is 29.1. The van der Waals surface area contributed by atoms with Gasteiger partial charge in [0.15, 0.2) is 0 Å². The van der Waals surface area contributed by atoms with Crippen molar-refractivity contribution in [1.29, 1.82) is 0 Å². The maximum atomic E-state index is 13.8. The summed E-state index contributed by atoms with van der Waals surface area (Å²) in [6.45, 7) is 4.97. The Labute approximate surface area is 115 Å². The van der Waals surface area contributed by atoms with Crippen molar-refractivity contribution in [2.45, 2.75) is 45.3 Å². The Balaban J connectivity index is 1.99. The van der Waals surface area contributed by atoms with E-state index in [2.05, 4.69) is 5.10 Å². The maximum absolute atomic E-state index is 13.8. The molecule has 0 saturated heterocycles. The lowest BCUT2D eigenvalue weighted by molar-refractivity contribution is 0.0359. The Bertz CT molecular complexity index is 569. The molecule has 1 unspecified atom stereocenters. The van der Waals surface area contributed by atoms with Crippen molar-refractivity contribution in [2.24, 2.45) is 11.1 Å². The first-order valence-electron chi connectivity index (χ1n) is 6.72. The molecule has 0 radical (unpaired) electrons. The van der Waals surface area contributed by atoms with Gasteiger partial charge in [-0.05, 0) is 19.9 Å². The van der Waals surface area contributed by atoms with Gasteiger partial charge in [-0.3, -0.25) is 14.4 Å². The van der Waals surface area contributed by atoms with Gasteiger partial charge in [0.2, 0.25) is 0 Å². The van der Waals surface area contributed by atoms with E-state index < -0.39 is 17.2 Å². The summed E-state index contributed by atoms with van der Waals surface area (Å²) in [4.78, 5) is 13.2. The number of hydrogen-bond donors (Lipinski definition) is 1. The summed E-state index contributed by atoms with van der Waals surface area (Å²) in [6, 6.07) is 1.76. The summed E-state index contributed by atoms with van der Waals surface area (Å²) in [5.41, 5.74) is 5.08. The molecule has 0 bridgehead atoms. The molecule has 2 heterocycles. The number of alkyl halides is 2. The average Bonchev–Trinajstić information content (AvgIpc) is 2.69. The van der Waals surface area contributed by atoms with Crippen molar-refractivity contribution in [1.82, 2.24) is 14.7 Å². The fraction of sp³-hybridized carbons (Fsp3) is 0.692. The van der Waals surface area contributed by atoms with Crippen LogP contribution in [-0.2, 0) is 13.1 Å². The van der Waals surface area contributed by atoms with Crippen LogP contribution in [0.4, 0.5) is 8.78 Å². The van der Waals surface area contributed by atoms with Crippen LogP contribution < -0.4 is 5.73 Å². The lowest BCUT2D eigenvalue weighted by Gasteiger charge is -2.27. The zero-order chi connectivity index (χ0) is 14.7. The molecule has 1 amide bonds. The van der Waals surface area contributed by atoms with Crippen LogP contribution in [0.25, 0.3) is 0 Å². The average molecular weight is 284 g/mol. The molecule has 0 aromatic carbocycles. The fourth-order valence-electron chi connectivity index (χ4n) is 2.92. The molecule has 1 spiro atoms. The third kappa shape index (κ3) is 1.91. The van der Waals surface area contributed by atoms with Crippen molar-refractivity contribution in [3.05, 3.63) is 17.5 Å². The van der Waals surface area contributed by atoms with Crippen LogP contribution in [0.15, 0.2) is 6.07 Å². The van der Waals surface area contributed by atoms with Gasteiger partial charge in [0.25, 0.3) is 11.8 Å². The van der Waals surface area contributed by atoms with E-state index >= 15 is 0 Å². The second-order valence-electron chi connectivity index (χ2n) is 6.20. The number of rotatable bonds is 2. The molecular weight excluding hydrogens is 266 g/mol. The molecule has 1 aliphatic heterocycles. The van der Waals surface area contributed by atoms with Crippen molar-refractivity contribution < 1.29 is 13.6 Å². The van der Waals surface area contributed by atoms with Gasteiger partial charge in [0.05, 0.1) is 17.7 Å². The maximum Gasteiger partial charge on any atom is 0.269 e. The van der Waals surface area contributed by atoms with E-state index in [-0.39, 0.29) is 24.7 Å². The van der Waals surface area contributed by atoms with E-state index in [1.165, 1.54) is 4.68 Å². The molecule has 2 aliphatic rings. The third-order valence-corrected chi connectivity index (χ3v) is 4.38. The molecular formula is C13H18F2N4O. The third-order valence-electron chi connectivity index (χ3n) is 4.38. The van der Waals surface area contributed by atoms with Crippen LogP contribution in [0.5, 0.6) is 0 Å². The number of carbonyl (C=O) groups is 1. The summed E-state index contributed by atoms with van der Waals surface area (Å²) >= 11 is 0. The van der Waals surface area contributed by atoms with Gasteiger partial charge in [-0.25, -0.2) is 8.78 Å². The minimum absolute atomic E-state index is 0.117. The lowest BCUT2D eigenvalue weighted by atomic mass is 10.1. The topological polar surface area (TPSA) is 64.2 Å². The van der Waals surface area contributed by atoms with Gasteiger partial charge in [-0.1, -0.05) is 0 Å². The number of halogens is 2. The van der Waals surface area contributed by atoms with E-state index in [9.17, 15) is 13.6 Å². The van der Waals surface area contributed by atoms with Gasteiger partial charge >= 0.3 is 0 Å². The highest BCUT2D eigenvalue weighted by atomic mass is 19.3. The highest BCUT2D eigenvalue weighted by molar-refractivity contribution is 5.90. The number of amides is 1. The van der Waals surface area contributed by atoms with Crippen LogP contribution in [-0.4, -0.2) is 39.1 Å². The van der Waals surface area contributed by atoms with Crippen LogP contribution in [0.2, 0.25) is 0 Å². The van der Waals surface area contributed by atoms with Gasteiger partial charge in [0.1, 0.15) is 5.69 Å². The van der Waals surface area contributed by atoms with Gasteiger partial charge in [-0.15, -0.1) is 0 Å². The van der Waals surface area contributed by atoms with Crippen LogP contribution in [0.3, 0.4) is 0 Å². The first-order chi connectivity index (χ1) is 9.24. The quantitative estimate of drug-likeness (QED) is 0.888. The number of carbonyl (C=O) groups excluding carboxylic acids is 1. The second-order valence-corrected chi connectivity index (χ2v) is 6.20. The van der Waals surface area contributed by atoms with Crippen molar-refractivity contribution in [3.8, 4) is 0 Å². The Morgan fingerprint density at radius 1 is 1.45 bits per heavy atom. The predicted molar refractivity (Wildman–Crippen MR) is 68.3 cm³/mol. The Morgan fingerprint density at radius 2 is 2.10 bits per heavy atom. The fourth-order valence-corrected chi connectivity index (χ4v) is 2.92. The van der Waals surface area contributed by atoms with Crippen molar-refractivity contribution in [3.63, 3.8) is 0 Å².